The Labute approximate surface area is 446 Å². The van der Waals surface area contributed by atoms with Crippen LogP contribution >= 0.6 is 11.3 Å². The predicted octanol–water partition coefficient (Wildman–Crippen LogP) is 20.8. The van der Waals surface area contributed by atoms with Crippen LogP contribution in [0.2, 0.25) is 0 Å². The molecule has 4 heteroatoms. The third kappa shape index (κ3) is 8.18. The molecular weight excluding hydrogens is 939 g/mol. The Balaban J connectivity index is 0.908. The van der Waals surface area contributed by atoms with Crippen LogP contribution in [0, 0.1) is 0 Å². The molecule has 358 valence electrons. The van der Waals surface area contributed by atoms with Gasteiger partial charge in [0, 0.05) is 60.4 Å². The molecule has 3 nitrogen and oxygen atoms in total. The summed E-state index contributed by atoms with van der Waals surface area (Å²) in [7, 11) is 0. The van der Waals surface area contributed by atoms with Gasteiger partial charge < -0.3 is 14.4 Å². The van der Waals surface area contributed by atoms with E-state index in [0.717, 1.165) is 50.9 Å². The Morgan fingerprint density at radius 3 is 1.33 bits per heavy atom. The zero-order chi connectivity index (χ0) is 50.4. The average Bonchev–Trinajstić information content (AvgIpc) is 4.05. The fourth-order valence-electron chi connectivity index (χ4n) is 11.1. The lowest BCUT2D eigenvalue weighted by Crippen LogP contribution is -2.13. The van der Waals surface area contributed by atoms with Gasteiger partial charge in [0.2, 0.25) is 0 Å². The molecule has 0 saturated heterocycles. The minimum absolute atomic E-state index is 1.05. The number of benzene rings is 12. The summed E-state index contributed by atoms with van der Waals surface area (Å²) in [6.07, 6.45) is 0. The van der Waals surface area contributed by atoms with Crippen LogP contribution in [0.4, 0.5) is 34.1 Å². The molecule has 0 aliphatic heterocycles. The summed E-state index contributed by atoms with van der Waals surface area (Å²) in [5, 5.41) is 5.01. The van der Waals surface area contributed by atoms with Crippen molar-refractivity contribution in [3.63, 3.8) is 0 Å². The van der Waals surface area contributed by atoms with Crippen molar-refractivity contribution in [2.75, 3.05) is 9.80 Å². The second-order valence-corrected chi connectivity index (χ2v) is 20.4. The maximum atomic E-state index is 2.46. The summed E-state index contributed by atoms with van der Waals surface area (Å²) >= 11 is 1.86. The summed E-state index contributed by atoms with van der Waals surface area (Å²) < 4.78 is 4.92. The van der Waals surface area contributed by atoms with Gasteiger partial charge in [-0.2, -0.15) is 0 Å². The second kappa shape index (κ2) is 19.3. The monoisotopic (exact) mass is 987 g/mol. The van der Waals surface area contributed by atoms with Gasteiger partial charge in [0.25, 0.3) is 0 Å². The minimum Gasteiger partial charge on any atom is -0.310 e. The van der Waals surface area contributed by atoms with E-state index < -0.39 is 0 Å². The molecule has 2 aromatic heterocycles. The van der Waals surface area contributed by atoms with E-state index in [2.05, 4.69) is 312 Å². The van der Waals surface area contributed by atoms with Gasteiger partial charge in [0.1, 0.15) is 0 Å². The van der Waals surface area contributed by atoms with Crippen LogP contribution in [-0.4, -0.2) is 4.57 Å². The summed E-state index contributed by atoms with van der Waals surface area (Å²) in [4.78, 5) is 4.85. The Morgan fingerprint density at radius 2 is 0.684 bits per heavy atom. The molecule has 0 atom stereocenters. The van der Waals surface area contributed by atoms with E-state index >= 15 is 0 Å². The number of para-hydroxylation sites is 2. The van der Waals surface area contributed by atoms with Crippen molar-refractivity contribution in [3.05, 3.63) is 297 Å². The predicted molar refractivity (Wildman–Crippen MR) is 325 cm³/mol. The number of aromatic nitrogens is 1. The standard InChI is InChI=1S/C72H49N3S/c1-4-17-50(18-5-1)52-33-35-53(36-34-52)55-39-44-60(45-40-55)73(59-42-37-54(38-43-59)51-19-6-2-7-20-51)62-25-15-26-63(49-62)74(69-31-16-29-67-66-28-11-13-32-71(66)76-72(67)69)61-24-14-21-56(47-61)57-41-46-65-64-27-10-12-30-68(64)75(70(65)48-57)58-22-8-3-9-23-58/h1-49H. The maximum Gasteiger partial charge on any atom is 0.0640 e. The zero-order valence-corrected chi connectivity index (χ0v) is 42.4. The minimum atomic E-state index is 1.05. The lowest BCUT2D eigenvalue weighted by molar-refractivity contribution is 1.18. The van der Waals surface area contributed by atoms with Crippen LogP contribution in [0.25, 0.3) is 92.2 Å². The average molecular weight is 988 g/mol. The van der Waals surface area contributed by atoms with Gasteiger partial charge in [0.15, 0.2) is 0 Å². The smallest absolute Gasteiger partial charge is 0.0640 e. The van der Waals surface area contributed by atoms with Gasteiger partial charge in [-0.25, -0.2) is 0 Å². The number of hydrogen-bond acceptors (Lipinski definition) is 3. The van der Waals surface area contributed by atoms with Crippen molar-refractivity contribution >= 4 is 87.4 Å². The maximum absolute atomic E-state index is 2.46. The summed E-state index contributed by atoms with van der Waals surface area (Å²) in [6.45, 7) is 0. The second-order valence-electron chi connectivity index (χ2n) is 19.3. The highest BCUT2D eigenvalue weighted by molar-refractivity contribution is 7.26. The molecule has 0 radical (unpaired) electrons. The molecule has 12 aromatic carbocycles. The molecule has 0 N–H and O–H groups in total. The molecular formula is C72H49N3S. The fourth-order valence-corrected chi connectivity index (χ4v) is 12.3. The van der Waals surface area contributed by atoms with Crippen LogP contribution in [0.1, 0.15) is 0 Å². The topological polar surface area (TPSA) is 11.4 Å². The van der Waals surface area contributed by atoms with Crippen molar-refractivity contribution in [2.45, 2.75) is 0 Å². The number of hydrogen-bond donors (Lipinski definition) is 0. The number of thiophene rings is 1. The van der Waals surface area contributed by atoms with Crippen LogP contribution in [0.3, 0.4) is 0 Å². The van der Waals surface area contributed by atoms with Gasteiger partial charge in [-0.15, -0.1) is 11.3 Å². The lowest BCUT2D eigenvalue weighted by atomic mass is 10.00. The van der Waals surface area contributed by atoms with Crippen LogP contribution in [-0.2, 0) is 0 Å². The molecule has 76 heavy (non-hydrogen) atoms. The molecule has 2 heterocycles. The highest BCUT2D eigenvalue weighted by Crippen LogP contribution is 2.47. The zero-order valence-electron chi connectivity index (χ0n) is 41.5. The Kier molecular flexibility index (Phi) is 11.4. The van der Waals surface area contributed by atoms with Crippen molar-refractivity contribution in [1.29, 1.82) is 0 Å². The summed E-state index contributed by atoms with van der Waals surface area (Å²) in [6, 6.07) is 108. The SMILES string of the molecule is c1ccc(-c2ccc(-c3ccc(N(c4ccc(-c5ccccc5)cc4)c4cccc(N(c5cccc(-c6ccc7c8ccccc8n(-c8ccccc8)c7c6)c5)c5cccc6c5sc5ccccc56)c4)cc3)cc2)cc1. The first-order chi connectivity index (χ1) is 37.7. The first kappa shape index (κ1) is 44.9. The van der Waals surface area contributed by atoms with Crippen LogP contribution in [0.15, 0.2) is 297 Å². The molecule has 0 fully saturated rings. The van der Waals surface area contributed by atoms with Gasteiger partial charge in [-0.1, -0.05) is 206 Å². The summed E-state index contributed by atoms with van der Waals surface area (Å²) in [5.74, 6) is 0. The van der Waals surface area contributed by atoms with E-state index in [1.54, 1.807) is 0 Å². The van der Waals surface area contributed by atoms with E-state index in [9.17, 15) is 0 Å². The molecule has 0 spiro atoms. The van der Waals surface area contributed by atoms with Crippen LogP contribution < -0.4 is 9.80 Å². The molecule has 0 aliphatic carbocycles. The Bertz CT molecular complexity index is 4370. The van der Waals surface area contributed by atoms with Crippen LogP contribution in [0.5, 0.6) is 0 Å². The molecule has 14 rings (SSSR count). The van der Waals surface area contributed by atoms with Crippen molar-refractivity contribution < 1.29 is 0 Å². The van der Waals surface area contributed by atoms with Crippen molar-refractivity contribution in [1.82, 2.24) is 4.57 Å². The van der Waals surface area contributed by atoms with Gasteiger partial charge in [0.05, 0.1) is 21.4 Å². The Morgan fingerprint density at radius 1 is 0.250 bits per heavy atom. The first-order valence-corrected chi connectivity index (χ1v) is 26.7. The fraction of sp³-hybridized carbons (Fsp3) is 0. The third-order valence-electron chi connectivity index (χ3n) is 14.8. The number of nitrogens with zero attached hydrogens (tertiary/aromatic N) is 3. The lowest BCUT2D eigenvalue weighted by Gasteiger charge is -2.30. The van der Waals surface area contributed by atoms with Gasteiger partial charge >= 0.3 is 0 Å². The highest BCUT2D eigenvalue weighted by Gasteiger charge is 2.22. The highest BCUT2D eigenvalue weighted by atomic mass is 32.1. The van der Waals surface area contributed by atoms with Gasteiger partial charge in [-0.3, -0.25) is 0 Å². The van der Waals surface area contributed by atoms with E-state index in [0.29, 0.717) is 0 Å². The third-order valence-corrected chi connectivity index (χ3v) is 16.0. The van der Waals surface area contributed by atoms with Crippen molar-refractivity contribution in [2.24, 2.45) is 0 Å². The molecule has 0 saturated carbocycles. The Hall–Kier alpha value is -9.74. The van der Waals surface area contributed by atoms with Gasteiger partial charge in [-0.05, 0) is 136 Å². The van der Waals surface area contributed by atoms with E-state index in [4.69, 9.17) is 0 Å². The summed E-state index contributed by atoms with van der Waals surface area (Å²) in [5.41, 5.74) is 19.4. The largest absolute Gasteiger partial charge is 0.310 e. The van der Waals surface area contributed by atoms with E-state index in [1.165, 1.54) is 75.4 Å². The van der Waals surface area contributed by atoms with Crippen molar-refractivity contribution in [3.8, 4) is 50.2 Å². The number of anilines is 6. The molecule has 0 aliphatic rings. The number of rotatable bonds is 11. The van der Waals surface area contributed by atoms with E-state index in [-0.39, 0.29) is 0 Å². The number of fused-ring (bicyclic) bond motifs is 6. The van der Waals surface area contributed by atoms with E-state index in [1.807, 2.05) is 11.3 Å². The first-order valence-electron chi connectivity index (χ1n) is 25.9. The molecule has 0 unspecified atom stereocenters. The molecule has 0 amide bonds. The quantitative estimate of drug-likeness (QED) is 0.128. The molecule has 0 bridgehead atoms. The molecule has 14 aromatic rings. The normalized spacial score (nSPS) is 11.4.